The van der Waals surface area contributed by atoms with Crippen molar-refractivity contribution in [3.8, 4) is 17.0 Å². The zero-order chi connectivity index (χ0) is 16.5. The normalized spacial score (nSPS) is 15.6. The van der Waals surface area contributed by atoms with Gasteiger partial charge >= 0.3 is 0 Å². The number of aryl methyl sites for hydroxylation is 1. The molecule has 0 radical (unpaired) electrons. The molecule has 0 fully saturated rings. The van der Waals surface area contributed by atoms with E-state index in [2.05, 4.69) is 10.3 Å². The quantitative estimate of drug-likeness (QED) is 0.785. The van der Waals surface area contributed by atoms with Crippen LogP contribution in [0.4, 0.5) is 5.69 Å². The van der Waals surface area contributed by atoms with Crippen molar-refractivity contribution in [3.63, 3.8) is 0 Å². The molecule has 5 heteroatoms. The number of hydrogen-bond acceptors (Lipinski definition) is 4. The number of nitrogens with zero attached hydrogens (tertiary/aromatic N) is 1. The first kappa shape index (κ1) is 14.9. The Labute approximate surface area is 144 Å². The molecule has 0 spiro atoms. The Morgan fingerprint density at radius 2 is 2.00 bits per heavy atom. The first-order chi connectivity index (χ1) is 11.7. The molecule has 0 saturated carbocycles. The van der Waals surface area contributed by atoms with Gasteiger partial charge in [-0.3, -0.25) is 4.79 Å². The fourth-order valence-electron chi connectivity index (χ4n) is 2.77. The van der Waals surface area contributed by atoms with Crippen LogP contribution in [-0.2, 0) is 11.2 Å². The van der Waals surface area contributed by atoms with Crippen molar-refractivity contribution < 1.29 is 9.53 Å². The zero-order valence-electron chi connectivity index (χ0n) is 13.2. The van der Waals surface area contributed by atoms with Crippen molar-refractivity contribution in [2.24, 2.45) is 0 Å². The Kier molecular flexibility index (Phi) is 3.78. The average molecular weight is 336 g/mol. The summed E-state index contributed by atoms with van der Waals surface area (Å²) in [6, 6.07) is 15.5. The standard InChI is InChI=1S/C19H16N2O2S/c1-12-20-16(11-24-12)13-6-8-15(9-7-13)21-19(22)18-10-14-4-2-3-5-17(14)23-18/h2-9,11,18H,10H2,1H3,(H,21,22)/t18-/m1/s1. The van der Waals surface area contributed by atoms with E-state index in [-0.39, 0.29) is 5.91 Å². The highest BCUT2D eigenvalue weighted by Gasteiger charge is 2.28. The maximum Gasteiger partial charge on any atom is 0.265 e. The van der Waals surface area contributed by atoms with E-state index >= 15 is 0 Å². The number of anilines is 1. The van der Waals surface area contributed by atoms with Crippen LogP contribution in [0.3, 0.4) is 0 Å². The van der Waals surface area contributed by atoms with E-state index in [4.69, 9.17) is 4.74 Å². The van der Waals surface area contributed by atoms with Gasteiger partial charge in [0.15, 0.2) is 6.10 Å². The van der Waals surface area contributed by atoms with E-state index in [1.165, 1.54) is 0 Å². The Bertz CT molecular complexity index is 861. The van der Waals surface area contributed by atoms with Crippen molar-refractivity contribution in [1.82, 2.24) is 4.98 Å². The topological polar surface area (TPSA) is 51.2 Å². The predicted octanol–water partition coefficient (Wildman–Crippen LogP) is 4.06. The molecule has 2 aromatic carbocycles. The molecule has 1 aliphatic rings. The van der Waals surface area contributed by atoms with Crippen LogP contribution < -0.4 is 10.1 Å². The molecule has 1 atom stereocenters. The third-order valence-electron chi connectivity index (χ3n) is 4.01. The molecular weight excluding hydrogens is 320 g/mol. The average Bonchev–Trinajstić information content (AvgIpc) is 3.21. The Hall–Kier alpha value is -2.66. The maximum atomic E-state index is 12.4. The number of ether oxygens (including phenoxy) is 1. The predicted molar refractivity (Wildman–Crippen MR) is 95.5 cm³/mol. The molecule has 0 saturated heterocycles. The molecule has 1 N–H and O–H groups in total. The molecule has 4 rings (SSSR count). The van der Waals surface area contributed by atoms with Gasteiger partial charge in [-0.2, -0.15) is 0 Å². The van der Waals surface area contributed by atoms with E-state index in [0.29, 0.717) is 6.42 Å². The van der Waals surface area contributed by atoms with Crippen LogP contribution in [0.15, 0.2) is 53.9 Å². The largest absolute Gasteiger partial charge is 0.480 e. The van der Waals surface area contributed by atoms with Gasteiger partial charge in [0, 0.05) is 23.1 Å². The summed E-state index contributed by atoms with van der Waals surface area (Å²) in [7, 11) is 0. The van der Waals surface area contributed by atoms with Gasteiger partial charge in [0.05, 0.1) is 10.7 Å². The van der Waals surface area contributed by atoms with Crippen LogP contribution in [0.1, 0.15) is 10.6 Å². The van der Waals surface area contributed by atoms with Gasteiger partial charge < -0.3 is 10.1 Å². The summed E-state index contributed by atoms with van der Waals surface area (Å²) in [5.41, 5.74) is 3.84. The molecule has 0 unspecified atom stereocenters. The third-order valence-corrected chi connectivity index (χ3v) is 4.78. The summed E-state index contributed by atoms with van der Waals surface area (Å²) in [5.74, 6) is 0.676. The van der Waals surface area contributed by atoms with E-state index in [1.807, 2.05) is 60.8 Å². The van der Waals surface area contributed by atoms with Crippen LogP contribution in [0.2, 0.25) is 0 Å². The molecule has 4 nitrogen and oxygen atoms in total. The number of carbonyl (C=O) groups is 1. The van der Waals surface area contributed by atoms with Crippen LogP contribution in [0.5, 0.6) is 5.75 Å². The fraction of sp³-hybridized carbons (Fsp3) is 0.158. The Balaban J connectivity index is 1.43. The van der Waals surface area contributed by atoms with Gasteiger partial charge in [-0.25, -0.2) is 4.98 Å². The van der Waals surface area contributed by atoms with Crippen LogP contribution in [0.25, 0.3) is 11.3 Å². The van der Waals surface area contributed by atoms with Gasteiger partial charge in [0.2, 0.25) is 0 Å². The number of nitrogens with one attached hydrogen (secondary N) is 1. The summed E-state index contributed by atoms with van der Waals surface area (Å²) < 4.78 is 5.72. The molecule has 1 aliphatic heterocycles. The molecule has 1 aromatic heterocycles. The van der Waals surface area contributed by atoms with E-state index in [1.54, 1.807) is 11.3 Å². The zero-order valence-corrected chi connectivity index (χ0v) is 14.0. The van der Waals surface area contributed by atoms with Gasteiger partial charge in [0.1, 0.15) is 5.75 Å². The monoisotopic (exact) mass is 336 g/mol. The maximum absolute atomic E-state index is 12.4. The fourth-order valence-corrected chi connectivity index (χ4v) is 3.39. The summed E-state index contributed by atoms with van der Waals surface area (Å²) in [6.07, 6.45) is 0.140. The smallest absolute Gasteiger partial charge is 0.265 e. The SMILES string of the molecule is Cc1nc(-c2ccc(NC(=O)[C@H]3Cc4ccccc4O3)cc2)cs1. The van der Waals surface area contributed by atoms with Crippen molar-refractivity contribution in [2.75, 3.05) is 5.32 Å². The second-order valence-electron chi connectivity index (χ2n) is 5.74. The Morgan fingerprint density at radius 1 is 1.21 bits per heavy atom. The summed E-state index contributed by atoms with van der Waals surface area (Å²) in [4.78, 5) is 16.9. The number of para-hydroxylation sites is 1. The molecule has 0 aliphatic carbocycles. The molecule has 24 heavy (non-hydrogen) atoms. The van der Waals surface area contributed by atoms with Gasteiger partial charge in [0.25, 0.3) is 5.91 Å². The molecule has 3 aromatic rings. The van der Waals surface area contributed by atoms with Crippen molar-refractivity contribution in [3.05, 3.63) is 64.5 Å². The van der Waals surface area contributed by atoms with Gasteiger partial charge in [-0.1, -0.05) is 30.3 Å². The van der Waals surface area contributed by atoms with Crippen molar-refractivity contribution in [2.45, 2.75) is 19.4 Å². The summed E-state index contributed by atoms with van der Waals surface area (Å²) in [6.45, 7) is 1.99. The number of thiazole rings is 1. The first-order valence-electron chi connectivity index (χ1n) is 7.77. The van der Waals surface area contributed by atoms with E-state index in [0.717, 1.165) is 33.3 Å². The van der Waals surface area contributed by atoms with Gasteiger partial charge in [-0.15, -0.1) is 11.3 Å². The lowest BCUT2D eigenvalue weighted by Gasteiger charge is -2.11. The lowest BCUT2D eigenvalue weighted by atomic mass is 10.1. The lowest BCUT2D eigenvalue weighted by Crippen LogP contribution is -2.31. The molecule has 120 valence electrons. The number of fused-ring (bicyclic) bond motifs is 1. The number of rotatable bonds is 3. The highest BCUT2D eigenvalue weighted by atomic mass is 32.1. The second-order valence-corrected chi connectivity index (χ2v) is 6.80. The number of benzene rings is 2. The van der Waals surface area contributed by atoms with E-state index in [9.17, 15) is 4.79 Å². The van der Waals surface area contributed by atoms with Crippen molar-refractivity contribution >= 4 is 22.9 Å². The lowest BCUT2D eigenvalue weighted by molar-refractivity contribution is -0.122. The highest BCUT2D eigenvalue weighted by Crippen LogP contribution is 2.29. The number of aromatic nitrogens is 1. The molecule has 2 heterocycles. The minimum Gasteiger partial charge on any atom is -0.480 e. The highest BCUT2D eigenvalue weighted by molar-refractivity contribution is 7.09. The van der Waals surface area contributed by atoms with E-state index < -0.39 is 6.10 Å². The minimum atomic E-state index is -0.469. The summed E-state index contributed by atoms with van der Waals surface area (Å²) >= 11 is 1.63. The number of amides is 1. The van der Waals surface area contributed by atoms with Gasteiger partial charge in [-0.05, 0) is 30.7 Å². The van der Waals surface area contributed by atoms with Crippen LogP contribution >= 0.6 is 11.3 Å². The minimum absolute atomic E-state index is 0.122. The second kappa shape index (κ2) is 6.09. The Morgan fingerprint density at radius 3 is 2.71 bits per heavy atom. The molecular formula is C19H16N2O2S. The molecule has 0 bridgehead atoms. The van der Waals surface area contributed by atoms with Crippen LogP contribution in [-0.4, -0.2) is 17.0 Å². The third kappa shape index (κ3) is 2.90. The molecule has 1 amide bonds. The summed E-state index contributed by atoms with van der Waals surface area (Å²) in [5, 5.41) is 6.00. The van der Waals surface area contributed by atoms with Crippen LogP contribution in [0, 0.1) is 6.92 Å². The first-order valence-corrected chi connectivity index (χ1v) is 8.65. The van der Waals surface area contributed by atoms with Crippen molar-refractivity contribution in [1.29, 1.82) is 0 Å². The number of hydrogen-bond donors (Lipinski definition) is 1. The number of carbonyl (C=O) groups excluding carboxylic acids is 1.